The Bertz CT molecular complexity index is 590. The highest BCUT2D eigenvalue weighted by Crippen LogP contribution is 2.11. The fourth-order valence-electron chi connectivity index (χ4n) is 2.14. The lowest BCUT2D eigenvalue weighted by atomic mass is 10.2. The van der Waals surface area contributed by atoms with Crippen molar-refractivity contribution in [3.05, 3.63) is 23.5 Å². The van der Waals surface area contributed by atoms with E-state index in [9.17, 15) is 9.59 Å². The van der Waals surface area contributed by atoms with Crippen molar-refractivity contribution in [3.8, 4) is 0 Å². The van der Waals surface area contributed by atoms with Crippen molar-refractivity contribution in [2.45, 2.75) is 25.3 Å². The molecule has 7 heteroatoms. The van der Waals surface area contributed by atoms with Gasteiger partial charge in [-0.25, -0.2) is 4.98 Å². The average Bonchev–Trinajstić information content (AvgIpc) is 3.03. The molecule has 6 nitrogen and oxygen atoms in total. The van der Waals surface area contributed by atoms with E-state index in [1.165, 1.54) is 0 Å². The topological polar surface area (TPSA) is 75.5 Å². The molecule has 2 amide bonds. The van der Waals surface area contributed by atoms with Gasteiger partial charge in [0.1, 0.15) is 6.04 Å². The molecule has 1 atom stereocenters. The number of carbonyl (C=O) groups is 2. The van der Waals surface area contributed by atoms with E-state index >= 15 is 0 Å². The minimum Gasteiger partial charge on any atom is -0.354 e. The summed E-state index contributed by atoms with van der Waals surface area (Å²) in [6.45, 7) is 0.538. The minimum absolute atomic E-state index is 0.0468. The largest absolute Gasteiger partial charge is 0.354 e. The number of carbonyl (C=O) groups excluding carboxylic acids is 2. The van der Waals surface area contributed by atoms with Gasteiger partial charge in [0.2, 0.25) is 11.8 Å². The molecule has 1 aliphatic rings. The Hall–Kier alpha value is -1.89. The predicted molar refractivity (Wildman–Crippen MR) is 70.9 cm³/mol. The number of thiazole rings is 1. The van der Waals surface area contributed by atoms with E-state index in [0.29, 0.717) is 25.8 Å². The fraction of sp³-hybridized carbons (Fsp3) is 0.417. The van der Waals surface area contributed by atoms with Gasteiger partial charge in [-0.1, -0.05) is 0 Å². The van der Waals surface area contributed by atoms with E-state index in [4.69, 9.17) is 0 Å². The van der Waals surface area contributed by atoms with Gasteiger partial charge in [-0.05, 0) is 6.42 Å². The van der Waals surface area contributed by atoms with Gasteiger partial charge < -0.3 is 10.6 Å². The molecular formula is C12H14N4O2S. The standard InChI is InChI=1S/C12H14N4O2S/c17-10-2-1-9(15-10)11(18)13-4-3-8-7-16-5-6-19-12(16)14-8/h5-7,9H,1-4H2,(H,13,18)(H,15,17). The van der Waals surface area contributed by atoms with Crippen LogP contribution >= 0.6 is 11.3 Å². The van der Waals surface area contributed by atoms with Gasteiger partial charge in [0.25, 0.3) is 0 Å². The smallest absolute Gasteiger partial charge is 0.242 e. The molecule has 1 unspecified atom stereocenters. The highest BCUT2D eigenvalue weighted by Gasteiger charge is 2.26. The summed E-state index contributed by atoms with van der Waals surface area (Å²) in [6.07, 6.45) is 5.65. The molecule has 3 heterocycles. The Morgan fingerprint density at radius 1 is 1.63 bits per heavy atom. The number of fused-ring (bicyclic) bond motifs is 1. The third-order valence-electron chi connectivity index (χ3n) is 3.14. The van der Waals surface area contributed by atoms with Crippen molar-refractivity contribution in [3.63, 3.8) is 0 Å². The minimum atomic E-state index is -0.363. The number of aromatic nitrogens is 2. The number of nitrogens with one attached hydrogen (secondary N) is 2. The lowest BCUT2D eigenvalue weighted by Crippen LogP contribution is -2.42. The summed E-state index contributed by atoms with van der Waals surface area (Å²) in [7, 11) is 0. The molecule has 0 radical (unpaired) electrons. The number of nitrogens with zero attached hydrogens (tertiary/aromatic N) is 2. The molecule has 0 spiro atoms. The zero-order valence-corrected chi connectivity index (χ0v) is 11.1. The molecule has 0 saturated carbocycles. The van der Waals surface area contributed by atoms with Crippen molar-refractivity contribution >= 4 is 28.1 Å². The normalized spacial score (nSPS) is 18.7. The van der Waals surface area contributed by atoms with E-state index in [1.807, 2.05) is 22.2 Å². The van der Waals surface area contributed by atoms with Gasteiger partial charge in [-0.2, -0.15) is 0 Å². The molecule has 3 rings (SSSR count). The van der Waals surface area contributed by atoms with Gasteiger partial charge in [0.15, 0.2) is 4.96 Å². The van der Waals surface area contributed by atoms with E-state index in [-0.39, 0.29) is 17.9 Å². The third-order valence-corrected chi connectivity index (χ3v) is 3.91. The third kappa shape index (κ3) is 2.60. The SMILES string of the molecule is O=C1CCC(C(=O)NCCc2cn3ccsc3n2)N1. The molecule has 0 aliphatic carbocycles. The predicted octanol–water partition coefficient (Wildman–Crippen LogP) is 0.333. The van der Waals surface area contributed by atoms with Gasteiger partial charge in [0, 0.05) is 37.2 Å². The van der Waals surface area contributed by atoms with Gasteiger partial charge in [-0.3, -0.25) is 14.0 Å². The zero-order valence-electron chi connectivity index (χ0n) is 10.3. The van der Waals surface area contributed by atoms with Crippen molar-refractivity contribution in [1.29, 1.82) is 0 Å². The lowest BCUT2D eigenvalue weighted by molar-refractivity contribution is -0.125. The van der Waals surface area contributed by atoms with Crippen molar-refractivity contribution < 1.29 is 9.59 Å². The maximum absolute atomic E-state index is 11.8. The Kier molecular flexibility index (Phi) is 3.20. The monoisotopic (exact) mass is 278 g/mol. The number of hydrogen-bond acceptors (Lipinski definition) is 4. The van der Waals surface area contributed by atoms with E-state index in [2.05, 4.69) is 15.6 Å². The maximum atomic E-state index is 11.8. The van der Waals surface area contributed by atoms with Crippen molar-refractivity contribution in [1.82, 2.24) is 20.0 Å². The Morgan fingerprint density at radius 2 is 2.53 bits per heavy atom. The summed E-state index contributed by atoms with van der Waals surface area (Å²) in [6, 6.07) is -0.363. The summed E-state index contributed by atoms with van der Waals surface area (Å²) in [5.41, 5.74) is 0.961. The molecule has 2 aromatic rings. The molecule has 1 fully saturated rings. The molecule has 0 aromatic carbocycles. The number of hydrogen-bond donors (Lipinski definition) is 2. The summed E-state index contributed by atoms with van der Waals surface area (Å²) in [4.78, 5) is 28.2. The van der Waals surface area contributed by atoms with Crippen molar-refractivity contribution in [2.24, 2.45) is 0 Å². The van der Waals surface area contributed by atoms with Crippen LogP contribution in [-0.4, -0.2) is 33.8 Å². The van der Waals surface area contributed by atoms with Crippen LogP contribution in [0.4, 0.5) is 0 Å². The molecule has 0 bridgehead atoms. The highest BCUT2D eigenvalue weighted by atomic mass is 32.1. The van der Waals surface area contributed by atoms with Crippen LogP contribution in [-0.2, 0) is 16.0 Å². The summed E-state index contributed by atoms with van der Waals surface area (Å²) in [5.74, 6) is -0.152. The molecular weight excluding hydrogens is 264 g/mol. The molecule has 100 valence electrons. The quantitative estimate of drug-likeness (QED) is 0.846. The van der Waals surface area contributed by atoms with Crippen LogP contribution in [0.3, 0.4) is 0 Å². The first-order valence-corrected chi connectivity index (χ1v) is 7.08. The summed E-state index contributed by atoms with van der Waals surface area (Å²) < 4.78 is 1.97. The first-order valence-electron chi connectivity index (χ1n) is 6.20. The van der Waals surface area contributed by atoms with Gasteiger partial charge in [-0.15, -0.1) is 11.3 Å². The van der Waals surface area contributed by atoms with E-state index in [0.717, 1.165) is 10.7 Å². The maximum Gasteiger partial charge on any atom is 0.242 e. The molecule has 19 heavy (non-hydrogen) atoms. The lowest BCUT2D eigenvalue weighted by Gasteiger charge is -2.09. The second kappa shape index (κ2) is 5.00. The summed E-state index contributed by atoms with van der Waals surface area (Å²) in [5, 5.41) is 7.46. The van der Waals surface area contributed by atoms with E-state index < -0.39 is 0 Å². The van der Waals surface area contributed by atoms with Crippen LogP contribution in [0.1, 0.15) is 18.5 Å². The number of rotatable bonds is 4. The number of amides is 2. The Balaban J connectivity index is 1.49. The Morgan fingerprint density at radius 3 is 3.26 bits per heavy atom. The van der Waals surface area contributed by atoms with E-state index in [1.54, 1.807) is 11.3 Å². The van der Waals surface area contributed by atoms with Crippen LogP contribution in [0.15, 0.2) is 17.8 Å². The Labute approximate surface area is 113 Å². The van der Waals surface area contributed by atoms with Crippen LogP contribution in [0, 0.1) is 0 Å². The second-order valence-electron chi connectivity index (χ2n) is 4.52. The van der Waals surface area contributed by atoms with Crippen LogP contribution < -0.4 is 10.6 Å². The first-order chi connectivity index (χ1) is 9.22. The molecule has 1 aliphatic heterocycles. The van der Waals surface area contributed by atoms with Gasteiger partial charge >= 0.3 is 0 Å². The molecule has 2 aromatic heterocycles. The van der Waals surface area contributed by atoms with Crippen LogP contribution in [0.25, 0.3) is 4.96 Å². The van der Waals surface area contributed by atoms with Gasteiger partial charge in [0.05, 0.1) is 5.69 Å². The van der Waals surface area contributed by atoms with Crippen molar-refractivity contribution in [2.75, 3.05) is 6.54 Å². The first kappa shape index (κ1) is 12.2. The fourth-order valence-corrected chi connectivity index (χ4v) is 2.86. The van der Waals surface area contributed by atoms with Crippen LogP contribution in [0.5, 0.6) is 0 Å². The van der Waals surface area contributed by atoms with Crippen LogP contribution in [0.2, 0.25) is 0 Å². The molecule has 2 N–H and O–H groups in total. The molecule has 1 saturated heterocycles. The summed E-state index contributed by atoms with van der Waals surface area (Å²) >= 11 is 1.59. The second-order valence-corrected chi connectivity index (χ2v) is 5.40. The highest BCUT2D eigenvalue weighted by molar-refractivity contribution is 7.15. The number of imidazole rings is 1. The zero-order chi connectivity index (χ0) is 13.2. The average molecular weight is 278 g/mol.